The standard InChI is InChI=1S/C10H22.2C2H6/c1-5-8-10(7-3)9(4)6-2;2*1-2/h9-10H,5-8H2,1-4H3;2*1-2H3. The highest BCUT2D eigenvalue weighted by Crippen LogP contribution is 2.22. The van der Waals surface area contributed by atoms with Gasteiger partial charge < -0.3 is 0 Å². The molecule has 0 spiro atoms. The molecular formula is C14H34. The van der Waals surface area contributed by atoms with Crippen molar-refractivity contribution in [1.29, 1.82) is 0 Å². The van der Waals surface area contributed by atoms with Crippen LogP contribution in [0.4, 0.5) is 0 Å². The summed E-state index contributed by atoms with van der Waals surface area (Å²) in [5.74, 6) is 1.92. The molecule has 0 saturated heterocycles. The van der Waals surface area contributed by atoms with E-state index in [2.05, 4.69) is 27.7 Å². The zero-order valence-corrected chi connectivity index (χ0v) is 12.0. The second-order valence-electron chi connectivity index (χ2n) is 3.34. The molecule has 14 heavy (non-hydrogen) atoms. The average molecular weight is 202 g/mol. The molecule has 0 aliphatic rings. The first-order chi connectivity index (χ1) is 6.76. The van der Waals surface area contributed by atoms with Gasteiger partial charge in [0.2, 0.25) is 0 Å². The van der Waals surface area contributed by atoms with Crippen LogP contribution < -0.4 is 0 Å². The zero-order chi connectivity index (χ0) is 12.0. The van der Waals surface area contributed by atoms with Gasteiger partial charge in [0, 0.05) is 0 Å². The molecule has 0 rings (SSSR count). The molecule has 0 heteroatoms. The monoisotopic (exact) mass is 202 g/mol. The van der Waals surface area contributed by atoms with Crippen molar-refractivity contribution in [2.75, 3.05) is 0 Å². The van der Waals surface area contributed by atoms with Crippen molar-refractivity contribution < 1.29 is 0 Å². The second kappa shape index (κ2) is 18.7. The highest BCUT2D eigenvalue weighted by atomic mass is 14.2. The Hall–Kier alpha value is 0. The number of hydrogen-bond donors (Lipinski definition) is 0. The molecule has 0 amide bonds. The molecule has 0 aliphatic heterocycles. The van der Waals surface area contributed by atoms with Crippen LogP contribution in [0.3, 0.4) is 0 Å². The summed E-state index contributed by atoms with van der Waals surface area (Å²) in [6, 6.07) is 0. The Morgan fingerprint density at radius 3 is 1.43 bits per heavy atom. The van der Waals surface area contributed by atoms with E-state index in [0.29, 0.717) is 0 Å². The van der Waals surface area contributed by atoms with Crippen molar-refractivity contribution >= 4 is 0 Å². The molecule has 0 radical (unpaired) electrons. The largest absolute Gasteiger partial charge is 0.0683 e. The highest BCUT2D eigenvalue weighted by Gasteiger charge is 2.11. The van der Waals surface area contributed by atoms with Crippen LogP contribution in [0, 0.1) is 11.8 Å². The lowest BCUT2D eigenvalue weighted by molar-refractivity contribution is 0.315. The van der Waals surface area contributed by atoms with Gasteiger partial charge in [0.15, 0.2) is 0 Å². The molecule has 0 bridgehead atoms. The van der Waals surface area contributed by atoms with Crippen LogP contribution in [0.1, 0.15) is 81.1 Å². The van der Waals surface area contributed by atoms with E-state index >= 15 is 0 Å². The molecule has 90 valence electrons. The minimum atomic E-state index is 0.935. The molecule has 0 aromatic rings. The van der Waals surface area contributed by atoms with Gasteiger partial charge in [-0.15, -0.1) is 0 Å². The van der Waals surface area contributed by atoms with E-state index < -0.39 is 0 Å². The summed E-state index contributed by atoms with van der Waals surface area (Å²) in [6.07, 6.45) is 5.48. The Morgan fingerprint density at radius 1 is 0.786 bits per heavy atom. The highest BCUT2D eigenvalue weighted by molar-refractivity contribution is 4.62. The van der Waals surface area contributed by atoms with Crippen LogP contribution in [0.15, 0.2) is 0 Å². The first-order valence-corrected chi connectivity index (χ1v) is 6.76. The molecule has 0 aliphatic carbocycles. The summed E-state index contributed by atoms with van der Waals surface area (Å²) in [5, 5.41) is 0. The van der Waals surface area contributed by atoms with E-state index in [0.717, 1.165) is 11.8 Å². The summed E-state index contributed by atoms with van der Waals surface area (Å²) in [5.41, 5.74) is 0. The van der Waals surface area contributed by atoms with Crippen molar-refractivity contribution in [3.8, 4) is 0 Å². The Kier molecular flexibility index (Phi) is 26.1. The molecule has 0 N–H and O–H groups in total. The normalized spacial score (nSPS) is 12.9. The van der Waals surface area contributed by atoms with Crippen molar-refractivity contribution in [2.45, 2.75) is 81.1 Å². The molecule has 0 fully saturated rings. The summed E-state index contributed by atoms with van der Waals surface area (Å²) < 4.78 is 0. The van der Waals surface area contributed by atoms with Crippen molar-refractivity contribution in [3.63, 3.8) is 0 Å². The lowest BCUT2D eigenvalue weighted by atomic mass is 9.86. The van der Waals surface area contributed by atoms with E-state index in [-0.39, 0.29) is 0 Å². The van der Waals surface area contributed by atoms with Gasteiger partial charge in [0.05, 0.1) is 0 Å². The van der Waals surface area contributed by atoms with Crippen LogP contribution in [0.2, 0.25) is 0 Å². The molecular weight excluding hydrogens is 168 g/mol. The Balaban J connectivity index is -0.000000266. The number of hydrogen-bond acceptors (Lipinski definition) is 0. The van der Waals surface area contributed by atoms with E-state index in [9.17, 15) is 0 Å². The van der Waals surface area contributed by atoms with E-state index in [4.69, 9.17) is 0 Å². The van der Waals surface area contributed by atoms with Gasteiger partial charge >= 0.3 is 0 Å². The van der Waals surface area contributed by atoms with E-state index in [1.54, 1.807) is 0 Å². The van der Waals surface area contributed by atoms with Gasteiger partial charge in [0.1, 0.15) is 0 Å². The van der Waals surface area contributed by atoms with Gasteiger partial charge in [-0.2, -0.15) is 0 Å². The molecule has 0 heterocycles. The van der Waals surface area contributed by atoms with E-state index in [1.165, 1.54) is 25.7 Å². The van der Waals surface area contributed by atoms with Crippen LogP contribution in [-0.2, 0) is 0 Å². The fraction of sp³-hybridized carbons (Fsp3) is 1.00. The third-order valence-electron chi connectivity index (χ3n) is 2.63. The molecule has 0 aromatic heterocycles. The van der Waals surface area contributed by atoms with Gasteiger partial charge in [-0.25, -0.2) is 0 Å². The summed E-state index contributed by atoms with van der Waals surface area (Å²) in [4.78, 5) is 0. The smallest absolute Gasteiger partial charge is 0.0391 e. The first-order valence-electron chi connectivity index (χ1n) is 6.76. The van der Waals surface area contributed by atoms with Gasteiger partial charge in [-0.1, -0.05) is 81.1 Å². The van der Waals surface area contributed by atoms with Gasteiger partial charge in [-0.05, 0) is 11.8 Å². The Morgan fingerprint density at radius 2 is 1.21 bits per heavy atom. The predicted molar refractivity (Wildman–Crippen MR) is 70.8 cm³/mol. The third-order valence-corrected chi connectivity index (χ3v) is 2.63. The molecule has 0 nitrogen and oxygen atoms in total. The van der Waals surface area contributed by atoms with Crippen LogP contribution in [-0.4, -0.2) is 0 Å². The molecule has 2 unspecified atom stereocenters. The Bertz CT molecular complexity index is 66.4. The maximum atomic E-state index is 2.38. The fourth-order valence-electron chi connectivity index (χ4n) is 1.60. The minimum Gasteiger partial charge on any atom is -0.0683 e. The molecule has 0 aromatic carbocycles. The average Bonchev–Trinajstić information content (AvgIpc) is 2.30. The minimum absolute atomic E-state index is 0.935. The maximum Gasteiger partial charge on any atom is -0.0391 e. The lowest BCUT2D eigenvalue weighted by Crippen LogP contribution is -2.09. The van der Waals surface area contributed by atoms with E-state index in [1.807, 2.05) is 27.7 Å². The summed E-state index contributed by atoms with van der Waals surface area (Å²) in [6.45, 7) is 17.3. The van der Waals surface area contributed by atoms with Gasteiger partial charge in [0.25, 0.3) is 0 Å². The maximum absolute atomic E-state index is 2.38. The predicted octanol–water partition coefficient (Wildman–Crippen LogP) is 5.91. The topological polar surface area (TPSA) is 0 Å². The van der Waals surface area contributed by atoms with Crippen LogP contribution in [0.25, 0.3) is 0 Å². The van der Waals surface area contributed by atoms with Crippen molar-refractivity contribution in [3.05, 3.63) is 0 Å². The zero-order valence-electron chi connectivity index (χ0n) is 12.0. The number of rotatable bonds is 5. The first kappa shape index (κ1) is 19.6. The summed E-state index contributed by atoms with van der Waals surface area (Å²) >= 11 is 0. The SMILES string of the molecule is CC.CC.CCCC(CC)C(C)CC. The fourth-order valence-corrected chi connectivity index (χ4v) is 1.60. The molecule has 2 atom stereocenters. The van der Waals surface area contributed by atoms with Crippen molar-refractivity contribution in [2.24, 2.45) is 11.8 Å². The van der Waals surface area contributed by atoms with Crippen LogP contribution >= 0.6 is 0 Å². The molecule has 0 saturated carbocycles. The van der Waals surface area contributed by atoms with Gasteiger partial charge in [-0.3, -0.25) is 0 Å². The summed E-state index contributed by atoms with van der Waals surface area (Å²) in [7, 11) is 0. The Labute approximate surface area is 93.5 Å². The third kappa shape index (κ3) is 12.0. The lowest BCUT2D eigenvalue weighted by Gasteiger charge is -2.20. The van der Waals surface area contributed by atoms with Crippen molar-refractivity contribution in [1.82, 2.24) is 0 Å². The van der Waals surface area contributed by atoms with Crippen LogP contribution in [0.5, 0.6) is 0 Å². The second-order valence-corrected chi connectivity index (χ2v) is 3.34. The quantitative estimate of drug-likeness (QED) is 0.520.